The van der Waals surface area contributed by atoms with E-state index in [-0.39, 0.29) is 11.3 Å². The molecule has 2 fully saturated rings. The highest BCUT2D eigenvalue weighted by atomic mass is 32.1. The highest BCUT2D eigenvalue weighted by Crippen LogP contribution is 2.44. The number of thiocarbonyl (C=S) groups is 1. The van der Waals surface area contributed by atoms with Crippen LogP contribution in [0, 0.1) is 10.8 Å². The fourth-order valence-electron chi connectivity index (χ4n) is 3.00. The third kappa shape index (κ3) is 2.19. The SMILES string of the molecule is CC1(C)CCCN(C(=O)C2(C(N)=S)CCC2)C1. The van der Waals surface area contributed by atoms with Crippen LogP contribution in [-0.2, 0) is 4.79 Å². The fourth-order valence-corrected chi connectivity index (χ4v) is 3.29. The van der Waals surface area contributed by atoms with E-state index >= 15 is 0 Å². The van der Waals surface area contributed by atoms with Crippen LogP contribution in [-0.4, -0.2) is 28.9 Å². The molecule has 0 unspecified atom stereocenters. The minimum atomic E-state index is -0.497. The van der Waals surface area contributed by atoms with Crippen LogP contribution in [0.1, 0.15) is 46.0 Å². The molecule has 1 heterocycles. The van der Waals surface area contributed by atoms with Gasteiger partial charge in [0.25, 0.3) is 0 Å². The molecule has 17 heavy (non-hydrogen) atoms. The first kappa shape index (κ1) is 12.8. The molecule has 96 valence electrons. The van der Waals surface area contributed by atoms with Gasteiger partial charge in [-0.15, -0.1) is 0 Å². The second kappa shape index (κ2) is 4.23. The van der Waals surface area contributed by atoms with Crippen molar-refractivity contribution < 1.29 is 4.79 Å². The highest BCUT2D eigenvalue weighted by Gasteiger charge is 2.49. The number of nitrogens with two attached hydrogens (primary N) is 1. The molecule has 1 amide bonds. The second-order valence-electron chi connectivity index (χ2n) is 6.29. The Bertz CT molecular complexity index is 347. The van der Waals surface area contributed by atoms with Crippen LogP contribution < -0.4 is 5.73 Å². The van der Waals surface area contributed by atoms with Crippen molar-refractivity contribution >= 4 is 23.1 Å². The van der Waals surface area contributed by atoms with E-state index < -0.39 is 5.41 Å². The molecule has 2 aliphatic rings. The lowest BCUT2D eigenvalue weighted by Crippen LogP contribution is -2.57. The molecule has 3 nitrogen and oxygen atoms in total. The van der Waals surface area contributed by atoms with Gasteiger partial charge in [0.05, 0.1) is 10.4 Å². The van der Waals surface area contributed by atoms with E-state index in [0.29, 0.717) is 4.99 Å². The maximum atomic E-state index is 12.6. The Hall–Kier alpha value is -0.640. The second-order valence-corrected chi connectivity index (χ2v) is 6.73. The molecule has 4 heteroatoms. The number of hydrogen-bond donors (Lipinski definition) is 1. The summed E-state index contributed by atoms with van der Waals surface area (Å²) in [4.78, 5) is 15.0. The van der Waals surface area contributed by atoms with Crippen LogP contribution in [0.3, 0.4) is 0 Å². The third-order valence-electron chi connectivity index (χ3n) is 4.28. The Balaban J connectivity index is 2.12. The van der Waals surface area contributed by atoms with Gasteiger partial charge in [-0.05, 0) is 31.1 Å². The fraction of sp³-hybridized carbons (Fsp3) is 0.846. The lowest BCUT2D eigenvalue weighted by Gasteiger charge is -2.46. The summed E-state index contributed by atoms with van der Waals surface area (Å²) in [6.45, 7) is 6.16. The van der Waals surface area contributed by atoms with Crippen LogP contribution in [0.4, 0.5) is 0 Å². The van der Waals surface area contributed by atoms with Crippen molar-refractivity contribution in [2.24, 2.45) is 16.6 Å². The Labute approximate surface area is 109 Å². The zero-order valence-electron chi connectivity index (χ0n) is 10.8. The van der Waals surface area contributed by atoms with Gasteiger partial charge >= 0.3 is 0 Å². The summed E-state index contributed by atoms with van der Waals surface area (Å²) in [5.41, 5.74) is 5.53. The maximum Gasteiger partial charge on any atom is 0.235 e. The number of likely N-dealkylation sites (tertiary alicyclic amines) is 1. The largest absolute Gasteiger partial charge is 0.392 e. The topological polar surface area (TPSA) is 46.3 Å². The molecule has 1 saturated carbocycles. The van der Waals surface area contributed by atoms with E-state index in [9.17, 15) is 4.79 Å². The summed E-state index contributed by atoms with van der Waals surface area (Å²) >= 11 is 5.11. The molecule has 2 N–H and O–H groups in total. The molecule has 0 bridgehead atoms. The van der Waals surface area contributed by atoms with Gasteiger partial charge in [0.15, 0.2) is 0 Å². The van der Waals surface area contributed by atoms with Gasteiger partial charge in [-0.2, -0.15) is 0 Å². The predicted molar refractivity (Wildman–Crippen MR) is 72.7 cm³/mol. The van der Waals surface area contributed by atoms with E-state index in [1.54, 1.807) is 0 Å². The number of hydrogen-bond acceptors (Lipinski definition) is 2. The molecule has 0 aromatic heterocycles. The van der Waals surface area contributed by atoms with Gasteiger partial charge in [0, 0.05) is 13.1 Å². The Morgan fingerprint density at radius 2 is 1.88 bits per heavy atom. The van der Waals surface area contributed by atoms with E-state index in [1.165, 1.54) is 6.42 Å². The van der Waals surface area contributed by atoms with Gasteiger partial charge in [0.1, 0.15) is 0 Å². The van der Waals surface area contributed by atoms with Gasteiger partial charge in [-0.1, -0.05) is 32.5 Å². The number of rotatable bonds is 2. The maximum absolute atomic E-state index is 12.6. The van der Waals surface area contributed by atoms with Crippen molar-refractivity contribution in [2.45, 2.75) is 46.0 Å². The zero-order valence-corrected chi connectivity index (χ0v) is 11.6. The van der Waals surface area contributed by atoms with Gasteiger partial charge in [-0.3, -0.25) is 4.79 Å². The van der Waals surface area contributed by atoms with Crippen molar-refractivity contribution in [3.63, 3.8) is 0 Å². The number of piperidine rings is 1. The predicted octanol–water partition coefficient (Wildman–Crippen LogP) is 2.09. The Morgan fingerprint density at radius 3 is 2.29 bits per heavy atom. The first-order valence-electron chi connectivity index (χ1n) is 6.47. The van der Waals surface area contributed by atoms with Gasteiger partial charge < -0.3 is 10.6 Å². The van der Waals surface area contributed by atoms with Crippen LogP contribution in [0.25, 0.3) is 0 Å². The quantitative estimate of drug-likeness (QED) is 0.768. The Morgan fingerprint density at radius 1 is 1.24 bits per heavy atom. The average Bonchev–Trinajstić information content (AvgIpc) is 2.13. The molecule has 0 aromatic carbocycles. The normalized spacial score (nSPS) is 26.1. The lowest BCUT2D eigenvalue weighted by atomic mass is 9.67. The van der Waals surface area contributed by atoms with Crippen molar-refractivity contribution in [3.05, 3.63) is 0 Å². The lowest BCUT2D eigenvalue weighted by molar-refractivity contribution is -0.145. The van der Waals surface area contributed by atoms with Crippen LogP contribution >= 0.6 is 12.2 Å². The Kier molecular flexibility index (Phi) is 3.19. The molecule has 0 atom stereocenters. The summed E-state index contributed by atoms with van der Waals surface area (Å²) in [5.74, 6) is 0.184. The molecular formula is C13H22N2OS. The summed E-state index contributed by atoms with van der Waals surface area (Å²) < 4.78 is 0. The molecule has 0 radical (unpaired) electrons. The highest BCUT2D eigenvalue weighted by molar-refractivity contribution is 7.80. The number of carbonyl (C=O) groups excluding carboxylic acids is 1. The first-order chi connectivity index (χ1) is 7.87. The average molecular weight is 254 g/mol. The van der Waals surface area contributed by atoms with Crippen molar-refractivity contribution in [3.8, 4) is 0 Å². The number of carbonyl (C=O) groups is 1. The minimum Gasteiger partial charge on any atom is -0.392 e. The van der Waals surface area contributed by atoms with Gasteiger partial charge in [0.2, 0.25) is 5.91 Å². The molecule has 1 aliphatic heterocycles. The van der Waals surface area contributed by atoms with Crippen LogP contribution in [0.5, 0.6) is 0 Å². The van der Waals surface area contributed by atoms with Gasteiger partial charge in [-0.25, -0.2) is 0 Å². The molecule has 0 spiro atoms. The van der Waals surface area contributed by atoms with Crippen molar-refractivity contribution in [1.29, 1.82) is 0 Å². The van der Waals surface area contributed by atoms with E-state index in [4.69, 9.17) is 18.0 Å². The summed E-state index contributed by atoms with van der Waals surface area (Å²) in [6.07, 6.45) is 5.04. The molecule has 2 rings (SSSR count). The smallest absolute Gasteiger partial charge is 0.235 e. The number of amides is 1. The van der Waals surface area contributed by atoms with E-state index in [1.807, 2.05) is 4.90 Å². The van der Waals surface area contributed by atoms with E-state index in [2.05, 4.69) is 13.8 Å². The minimum absolute atomic E-state index is 0.184. The molecule has 1 aliphatic carbocycles. The van der Waals surface area contributed by atoms with Crippen molar-refractivity contribution in [1.82, 2.24) is 4.90 Å². The molecule has 1 saturated heterocycles. The van der Waals surface area contributed by atoms with Crippen LogP contribution in [0.2, 0.25) is 0 Å². The molecule has 0 aromatic rings. The van der Waals surface area contributed by atoms with Crippen molar-refractivity contribution in [2.75, 3.05) is 13.1 Å². The first-order valence-corrected chi connectivity index (χ1v) is 6.88. The summed E-state index contributed by atoms with van der Waals surface area (Å²) in [5, 5.41) is 0. The molecular weight excluding hydrogens is 232 g/mol. The van der Waals surface area contributed by atoms with Crippen LogP contribution in [0.15, 0.2) is 0 Å². The summed E-state index contributed by atoms with van der Waals surface area (Å²) in [6, 6.07) is 0. The third-order valence-corrected chi connectivity index (χ3v) is 4.67. The zero-order chi connectivity index (χ0) is 12.7. The van der Waals surface area contributed by atoms with E-state index in [0.717, 1.165) is 38.8 Å². The monoisotopic (exact) mass is 254 g/mol. The summed E-state index contributed by atoms with van der Waals surface area (Å²) in [7, 11) is 0. The number of nitrogens with zero attached hydrogens (tertiary/aromatic N) is 1. The standard InChI is InChI=1S/C13H22N2OS/c1-12(2)5-4-8-15(9-12)11(16)13(10(14)17)6-3-7-13/h3-9H2,1-2H3,(H2,14,17).